The van der Waals surface area contributed by atoms with E-state index >= 15 is 0 Å². The SMILES string of the molecule is CC.CC.CC.CC.CC.CC.CC.CC.CC.CC.CO[n+]1c(C)cccc1C(=O)c1cc(C)c(C)cc1NS(=O)(=O)c1ccc(C)cc1.CO[n+]1cccc(C)c1C(=O)c1cc(C)c(C)cc1NS(=O)(=O)c1ccc(C)cc1.Cc1cc(NS(=O)(=O)c2ccccc2)c(C(=O)c2cccnc2)cc1C.Cc1ccc(S(=O)(=O)Nc2cc(C)c(C)cc2C(=O)c2cccnc2C)cc1. The molecule has 134 heavy (non-hydrogen) atoms. The molecule has 0 fully saturated rings. The topological polar surface area (TPSA) is 305 Å². The summed E-state index contributed by atoms with van der Waals surface area (Å²) in [5.41, 5.74) is 15.6. The van der Waals surface area contributed by atoms with E-state index in [0.29, 0.717) is 39.3 Å². The Morgan fingerprint density at radius 2 is 0.612 bits per heavy atom. The first-order chi connectivity index (χ1) is 63.8. The van der Waals surface area contributed by atoms with E-state index in [-0.39, 0.29) is 76.6 Å². The minimum atomic E-state index is -3.86. The third kappa shape index (κ3) is 35.9. The van der Waals surface area contributed by atoms with E-state index in [9.17, 15) is 52.8 Å². The zero-order valence-electron chi connectivity index (χ0n) is 86.1. The molecule has 0 aliphatic carbocycles. The van der Waals surface area contributed by atoms with E-state index in [4.69, 9.17) is 9.68 Å². The number of ketones is 4. The van der Waals surface area contributed by atoms with Gasteiger partial charge in [-0.05, 0) is 268 Å². The fourth-order valence-electron chi connectivity index (χ4n) is 11.7. The molecule has 4 aromatic heterocycles. The van der Waals surface area contributed by atoms with Gasteiger partial charge in [-0.1, -0.05) is 210 Å². The number of carbonyl (C=O) groups is 4. The number of hydrogen-bond acceptors (Lipinski definition) is 16. The van der Waals surface area contributed by atoms with Crippen LogP contribution >= 0.6 is 0 Å². The first-order valence-electron chi connectivity index (χ1n) is 45.8. The molecule has 0 saturated heterocycles. The lowest BCUT2D eigenvalue weighted by Crippen LogP contribution is -2.48. The molecule has 0 saturated carbocycles. The molecule has 0 aliphatic heterocycles. The first kappa shape index (κ1) is 124. The first-order valence-corrected chi connectivity index (χ1v) is 51.7. The predicted molar refractivity (Wildman–Crippen MR) is 555 cm³/mol. The monoisotopic (exact) mass is 1910 g/mol. The van der Waals surface area contributed by atoms with Gasteiger partial charge in [0.2, 0.25) is 11.9 Å². The second kappa shape index (κ2) is 62.9. The van der Waals surface area contributed by atoms with Gasteiger partial charge in [-0.3, -0.25) is 57.7 Å². The molecule has 0 bridgehead atoms. The van der Waals surface area contributed by atoms with Gasteiger partial charge in [-0.2, -0.15) is 0 Å². The van der Waals surface area contributed by atoms with Crippen LogP contribution in [0.3, 0.4) is 0 Å². The number of pyridine rings is 4. The molecular weight excluding hydrogens is 1760 g/mol. The lowest BCUT2D eigenvalue weighted by atomic mass is 9.97. The Bertz CT molecular complexity index is 6140. The minimum absolute atomic E-state index is 0.132. The number of carbonyl (C=O) groups excluding carboxylic acids is 4. The molecule has 4 N–H and O–H groups in total. The molecule has 26 heteroatoms. The van der Waals surface area contributed by atoms with E-state index in [1.54, 1.807) is 220 Å². The lowest BCUT2D eigenvalue weighted by Gasteiger charge is -2.15. The van der Waals surface area contributed by atoms with Gasteiger partial charge in [0.25, 0.3) is 51.7 Å². The maximum absolute atomic E-state index is 13.5. The summed E-state index contributed by atoms with van der Waals surface area (Å²) in [6.07, 6.45) is 6.30. The second-order valence-corrected chi connectivity index (χ2v) is 34.1. The van der Waals surface area contributed by atoms with Crippen LogP contribution in [0.4, 0.5) is 22.7 Å². The van der Waals surface area contributed by atoms with Crippen LogP contribution in [-0.2, 0) is 40.1 Å². The van der Waals surface area contributed by atoms with Gasteiger partial charge in [0.1, 0.15) is 14.2 Å². The molecule has 4 heterocycles. The van der Waals surface area contributed by atoms with E-state index in [0.717, 1.165) is 72.5 Å². The fraction of sp³-hybridized carbons (Fsp3) is 0.333. The average Bonchev–Trinajstić information content (AvgIpc) is 0.765. The summed E-state index contributed by atoms with van der Waals surface area (Å²) in [4.78, 5) is 72.2. The molecule has 0 aliphatic rings. The van der Waals surface area contributed by atoms with E-state index in [2.05, 4.69) is 28.9 Å². The number of sulfonamides is 4. The largest absolute Gasteiger partial charge is 0.307 e. The molecular formula is C108H150N8O14S4+2. The van der Waals surface area contributed by atoms with Crippen molar-refractivity contribution in [3.8, 4) is 0 Å². The van der Waals surface area contributed by atoms with Crippen molar-refractivity contribution in [2.75, 3.05) is 33.1 Å². The van der Waals surface area contributed by atoms with Crippen LogP contribution in [0.2, 0.25) is 0 Å². The molecule has 0 atom stereocenters. The average molecular weight is 1910 g/mol. The van der Waals surface area contributed by atoms with Gasteiger partial charge in [-0.15, -0.1) is 0 Å². The van der Waals surface area contributed by atoms with Crippen LogP contribution in [-0.4, -0.2) is 81.0 Å². The minimum Gasteiger partial charge on any atom is -0.288 e. The maximum atomic E-state index is 13.5. The normalized spacial score (nSPS) is 10.0. The molecule has 0 amide bonds. The van der Waals surface area contributed by atoms with Gasteiger partial charge in [0.05, 0.1) is 53.5 Å². The molecule has 12 aromatic rings. The Kier molecular flexibility index (Phi) is 58.1. The molecule has 8 aromatic carbocycles. The molecule has 0 spiro atoms. The van der Waals surface area contributed by atoms with Crippen molar-refractivity contribution in [2.24, 2.45) is 0 Å². The van der Waals surface area contributed by atoms with Gasteiger partial charge in [-0.25, -0.2) is 33.7 Å². The lowest BCUT2D eigenvalue weighted by molar-refractivity contribution is -0.890. The highest BCUT2D eigenvalue weighted by atomic mass is 32.2. The highest BCUT2D eigenvalue weighted by molar-refractivity contribution is 7.93. The summed E-state index contributed by atoms with van der Waals surface area (Å²) < 4.78 is 116. The van der Waals surface area contributed by atoms with Crippen LogP contribution < -0.4 is 38.0 Å². The van der Waals surface area contributed by atoms with E-state index in [1.807, 2.05) is 228 Å². The molecule has 0 radical (unpaired) electrons. The Balaban J connectivity index is 0. The van der Waals surface area contributed by atoms with Crippen LogP contribution in [0.1, 0.15) is 281 Å². The van der Waals surface area contributed by atoms with E-state index in [1.165, 1.54) is 42.0 Å². The number of anilines is 4. The molecule has 728 valence electrons. The number of nitrogens with zero attached hydrogens (tertiary/aromatic N) is 4. The number of aromatic nitrogens is 4. The standard InChI is InChI=1S/2C23H24N2O4S.C22H22N2O3S.C20H18N2O3S.10C2H6/c1-15-8-10-19(11-9-15)30(27,28)24-21-14-18(4)17(3)13-20(21)23(26)22-16(2)7-6-12-25(22)29-5;1-15-9-11-19(12-10-15)30(27,28)24-21-14-17(3)16(2)13-20(21)23(26)22-8-6-7-18(4)25(22)29-5;1-14-7-9-18(10-8-14)28(26,27)24-21-13-16(3)15(2)12-20(21)22(25)19-6-5-11-23-17(19)4;1-14-11-18(20(23)16-7-6-10-21-13-16)19(12-15(14)2)22-26(24,25)17-8-4-3-5-9-17;10*1-2/h2*6-14H,1-5H3;5-13,24H,1-4H3;3-13,22H,1-2H3;10*1-2H3/p+2. The van der Waals surface area contributed by atoms with Crippen molar-refractivity contribution < 1.29 is 72.0 Å². The summed E-state index contributed by atoms with van der Waals surface area (Å²) in [5, 5.41) is 0. The van der Waals surface area contributed by atoms with Crippen molar-refractivity contribution >= 4 is 86.0 Å². The fourth-order valence-corrected chi connectivity index (χ4v) is 16.0. The van der Waals surface area contributed by atoms with Crippen molar-refractivity contribution in [3.05, 3.63) is 354 Å². The summed E-state index contributed by atoms with van der Waals surface area (Å²) in [6, 6.07) is 56.8. The Morgan fingerprint density at radius 3 is 0.940 bits per heavy atom. The van der Waals surface area contributed by atoms with Crippen molar-refractivity contribution in [3.63, 3.8) is 0 Å². The summed E-state index contributed by atoms with van der Waals surface area (Å²) in [6.45, 7) is 66.1. The summed E-state index contributed by atoms with van der Waals surface area (Å²) in [7, 11) is -12.4. The zero-order chi connectivity index (χ0) is 103. The van der Waals surface area contributed by atoms with Crippen LogP contribution in [0.5, 0.6) is 0 Å². The summed E-state index contributed by atoms with van der Waals surface area (Å²) in [5.74, 6) is -1.23. The maximum Gasteiger partial charge on any atom is 0.307 e. The Hall–Kier alpha value is -12.4. The zero-order valence-corrected chi connectivity index (χ0v) is 89.3. The van der Waals surface area contributed by atoms with Gasteiger partial charge >= 0.3 is 11.4 Å². The Morgan fingerprint density at radius 1 is 0.291 bits per heavy atom. The molecule has 12 rings (SSSR count). The highest BCUT2D eigenvalue weighted by Gasteiger charge is 2.32. The number of hydrogen-bond donors (Lipinski definition) is 4. The number of benzene rings is 8. The second-order valence-electron chi connectivity index (χ2n) is 27.4. The highest BCUT2D eigenvalue weighted by Crippen LogP contribution is 2.32. The van der Waals surface area contributed by atoms with Crippen LogP contribution in [0.25, 0.3) is 0 Å². The van der Waals surface area contributed by atoms with Crippen molar-refractivity contribution in [2.45, 2.75) is 255 Å². The van der Waals surface area contributed by atoms with Gasteiger partial charge in [0.15, 0.2) is 11.6 Å². The molecule has 0 unspecified atom stereocenters. The quantitative estimate of drug-likeness (QED) is 0.0362. The van der Waals surface area contributed by atoms with Crippen molar-refractivity contribution in [1.82, 2.24) is 9.97 Å². The van der Waals surface area contributed by atoms with Gasteiger partial charge < -0.3 is 0 Å². The summed E-state index contributed by atoms with van der Waals surface area (Å²) >= 11 is 0. The molecule has 22 nitrogen and oxygen atoms in total. The third-order valence-electron chi connectivity index (χ3n) is 18.8. The number of aryl methyl sites for hydroxylation is 14. The predicted octanol–water partition coefficient (Wildman–Crippen LogP) is 24.9. The van der Waals surface area contributed by atoms with Gasteiger partial charge in [0, 0.05) is 86.7 Å². The van der Waals surface area contributed by atoms with E-state index < -0.39 is 40.1 Å². The third-order valence-corrected chi connectivity index (χ3v) is 24.4. The number of nitrogens with one attached hydrogen (secondary N) is 4. The van der Waals surface area contributed by atoms with Crippen molar-refractivity contribution in [1.29, 1.82) is 0 Å². The smallest absolute Gasteiger partial charge is 0.288 e. The van der Waals surface area contributed by atoms with Crippen LogP contribution in [0.15, 0.2) is 251 Å². The van der Waals surface area contributed by atoms with Crippen LogP contribution in [0, 0.1) is 96.9 Å². The Labute approximate surface area is 804 Å². The number of rotatable bonds is 22.